The number of amides is 1. The van der Waals surface area contributed by atoms with Crippen molar-refractivity contribution in [1.29, 1.82) is 0 Å². The highest BCUT2D eigenvalue weighted by atomic mass is 16.2. The fourth-order valence-electron chi connectivity index (χ4n) is 5.21. The summed E-state index contributed by atoms with van der Waals surface area (Å²) >= 11 is 0. The van der Waals surface area contributed by atoms with E-state index in [1.807, 2.05) is 37.5 Å². The summed E-state index contributed by atoms with van der Waals surface area (Å²) in [5.41, 5.74) is 6.80. The molecule has 0 bridgehead atoms. The monoisotopic (exact) mass is 422 g/mol. The molecule has 1 amide bonds. The van der Waals surface area contributed by atoms with E-state index in [1.54, 1.807) is 4.90 Å². The van der Waals surface area contributed by atoms with E-state index in [-0.39, 0.29) is 5.91 Å². The third-order valence-electron chi connectivity index (χ3n) is 6.96. The lowest BCUT2D eigenvalue weighted by Gasteiger charge is -2.11. The van der Waals surface area contributed by atoms with Crippen LogP contribution in [0.15, 0.2) is 60.9 Å². The van der Waals surface area contributed by atoms with Gasteiger partial charge < -0.3 is 4.90 Å². The Morgan fingerprint density at radius 1 is 1.00 bits per heavy atom. The predicted octanol–water partition coefficient (Wildman–Crippen LogP) is 5.54. The van der Waals surface area contributed by atoms with Gasteiger partial charge in [-0.1, -0.05) is 43.2 Å². The van der Waals surface area contributed by atoms with Crippen molar-refractivity contribution >= 4 is 16.8 Å². The van der Waals surface area contributed by atoms with Gasteiger partial charge in [0.25, 0.3) is 5.91 Å². The first kappa shape index (κ1) is 19.2. The van der Waals surface area contributed by atoms with E-state index in [4.69, 9.17) is 4.98 Å². The molecule has 160 valence electrons. The van der Waals surface area contributed by atoms with Gasteiger partial charge in [0.2, 0.25) is 0 Å². The molecule has 4 aromatic rings. The van der Waals surface area contributed by atoms with Crippen molar-refractivity contribution in [3.05, 3.63) is 72.1 Å². The maximum Gasteiger partial charge on any atom is 0.254 e. The van der Waals surface area contributed by atoms with E-state index in [0.29, 0.717) is 6.54 Å². The summed E-state index contributed by atoms with van der Waals surface area (Å²) in [5, 5.41) is 5.78. The van der Waals surface area contributed by atoms with Gasteiger partial charge in [-0.3, -0.25) is 9.48 Å². The summed E-state index contributed by atoms with van der Waals surface area (Å²) in [6.07, 6.45) is 9.38. The quantitative estimate of drug-likeness (QED) is 0.434. The number of carbonyl (C=O) groups is 1. The molecule has 32 heavy (non-hydrogen) atoms. The Labute approximate surface area is 187 Å². The van der Waals surface area contributed by atoms with Gasteiger partial charge in [0.1, 0.15) is 0 Å². The lowest BCUT2D eigenvalue weighted by molar-refractivity contribution is 0.0816. The lowest BCUT2D eigenvalue weighted by Crippen LogP contribution is -2.17. The van der Waals surface area contributed by atoms with Gasteiger partial charge in [-0.05, 0) is 42.5 Å². The van der Waals surface area contributed by atoms with E-state index in [1.165, 1.54) is 25.7 Å². The number of nitrogens with zero attached hydrogens (tertiary/aromatic N) is 4. The predicted molar refractivity (Wildman–Crippen MR) is 126 cm³/mol. The molecule has 5 heteroatoms. The summed E-state index contributed by atoms with van der Waals surface area (Å²) in [6.45, 7) is 1.65. The number of aromatic nitrogens is 3. The zero-order chi connectivity index (χ0) is 21.7. The average Bonchev–Trinajstić information content (AvgIpc) is 3.55. The number of hydrogen-bond donors (Lipinski definition) is 0. The van der Waals surface area contributed by atoms with Crippen molar-refractivity contribution in [2.24, 2.45) is 5.92 Å². The lowest BCUT2D eigenvalue weighted by atomic mass is 9.97. The van der Waals surface area contributed by atoms with Gasteiger partial charge in [-0.15, -0.1) is 0 Å². The molecule has 0 saturated heterocycles. The van der Waals surface area contributed by atoms with Crippen LogP contribution in [-0.4, -0.2) is 32.6 Å². The number of para-hydroxylation sites is 1. The molecule has 6 rings (SSSR count). The minimum Gasteiger partial charge on any atom is -0.337 e. The normalized spacial score (nSPS) is 16.3. The minimum absolute atomic E-state index is 0.0774. The Hall–Kier alpha value is -3.47. The van der Waals surface area contributed by atoms with Crippen molar-refractivity contribution in [3.8, 4) is 22.4 Å². The molecule has 0 N–H and O–H groups in total. The van der Waals surface area contributed by atoms with Crippen molar-refractivity contribution in [3.63, 3.8) is 0 Å². The van der Waals surface area contributed by atoms with Gasteiger partial charge >= 0.3 is 0 Å². The van der Waals surface area contributed by atoms with Crippen LogP contribution in [0, 0.1) is 5.92 Å². The van der Waals surface area contributed by atoms with Crippen molar-refractivity contribution in [2.45, 2.75) is 38.8 Å². The first-order chi connectivity index (χ1) is 15.7. The van der Waals surface area contributed by atoms with E-state index >= 15 is 0 Å². The minimum atomic E-state index is 0.0774. The molecule has 2 aromatic carbocycles. The van der Waals surface area contributed by atoms with Gasteiger partial charge in [0.15, 0.2) is 0 Å². The van der Waals surface area contributed by atoms with Gasteiger partial charge in [-0.2, -0.15) is 5.10 Å². The van der Waals surface area contributed by atoms with Gasteiger partial charge in [0.05, 0.1) is 17.4 Å². The molecule has 0 spiro atoms. The van der Waals surface area contributed by atoms with Crippen LogP contribution in [0.2, 0.25) is 0 Å². The molecule has 0 atom stereocenters. The standard InChI is InChI=1S/C27H26N4O/c1-30-16-21-11-10-20(13-24(21)27(30)32)26-23(12-19-8-4-5-9-25(19)29-26)22-14-28-31(17-22)15-18-6-2-3-7-18/h4-5,8-14,17-18H,2-3,6-7,15-16H2,1H3. The van der Waals surface area contributed by atoms with Crippen LogP contribution in [0.25, 0.3) is 33.3 Å². The number of carbonyl (C=O) groups excluding carboxylic acids is 1. The largest absolute Gasteiger partial charge is 0.337 e. The average molecular weight is 423 g/mol. The Morgan fingerprint density at radius 3 is 2.72 bits per heavy atom. The SMILES string of the molecule is CN1Cc2ccc(-c3nc4ccccc4cc3-c3cnn(CC4CCCC4)c3)cc2C1=O. The van der Waals surface area contributed by atoms with Gasteiger partial charge in [0, 0.05) is 54.0 Å². The topological polar surface area (TPSA) is 51.0 Å². The van der Waals surface area contributed by atoms with Crippen LogP contribution in [0.1, 0.15) is 41.6 Å². The number of benzene rings is 2. The van der Waals surface area contributed by atoms with E-state index in [9.17, 15) is 4.79 Å². The maximum atomic E-state index is 12.6. The van der Waals surface area contributed by atoms with Crippen molar-refractivity contribution in [1.82, 2.24) is 19.7 Å². The Kier molecular flexibility index (Phi) is 4.56. The Bertz CT molecular complexity index is 1330. The summed E-state index contributed by atoms with van der Waals surface area (Å²) in [5.74, 6) is 0.810. The summed E-state index contributed by atoms with van der Waals surface area (Å²) < 4.78 is 2.09. The first-order valence-corrected chi connectivity index (χ1v) is 11.5. The van der Waals surface area contributed by atoms with E-state index < -0.39 is 0 Å². The molecular weight excluding hydrogens is 396 g/mol. The molecular formula is C27H26N4O. The van der Waals surface area contributed by atoms with Gasteiger partial charge in [-0.25, -0.2) is 4.98 Å². The van der Waals surface area contributed by atoms with E-state index in [2.05, 4.69) is 40.2 Å². The van der Waals surface area contributed by atoms with Crippen LogP contribution < -0.4 is 0 Å². The van der Waals surface area contributed by atoms with Crippen LogP contribution >= 0.6 is 0 Å². The molecule has 2 aliphatic rings. The number of hydrogen-bond acceptors (Lipinski definition) is 3. The molecule has 0 unspecified atom stereocenters. The van der Waals surface area contributed by atoms with E-state index in [0.717, 1.165) is 56.9 Å². The van der Waals surface area contributed by atoms with Crippen molar-refractivity contribution < 1.29 is 4.79 Å². The van der Waals surface area contributed by atoms with Crippen LogP contribution in [-0.2, 0) is 13.1 Å². The smallest absolute Gasteiger partial charge is 0.254 e. The number of pyridine rings is 1. The third-order valence-corrected chi connectivity index (χ3v) is 6.96. The summed E-state index contributed by atoms with van der Waals surface area (Å²) in [4.78, 5) is 19.4. The molecule has 2 aromatic heterocycles. The molecule has 1 aliphatic heterocycles. The maximum absolute atomic E-state index is 12.6. The second-order valence-electron chi connectivity index (χ2n) is 9.21. The summed E-state index contributed by atoms with van der Waals surface area (Å²) in [6, 6.07) is 16.6. The highest BCUT2D eigenvalue weighted by Gasteiger charge is 2.25. The second-order valence-corrected chi connectivity index (χ2v) is 9.21. The van der Waals surface area contributed by atoms with Crippen LogP contribution in [0.3, 0.4) is 0 Å². The Balaban J connectivity index is 1.46. The molecule has 1 fully saturated rings. The summed E-state index contributed by atoms with van der Waals surface area (Å²) in [7, 11) is 1.85. The molecule has 1 saturated carbocycles. The highest BCUT2D eigenvalue weighted by Crippen LogP contribution is 2.36. The van der Waals surface area contributed by atoms with Crippen molar-refractivity contribution in [2.75, 3.05) is 7.05 Å². The third kappa shape index (κ3) is 3.29. The highest BCUT2D eigenvalue weighted by molar-refractivity contribution is 6.00. The molecule has 5 nitrogen and oxygen atoms in total. The van der Waals surface area contributed by atoms with Crippen LogP contribution in [0.4, 0.5) is 0 Å². The number of rotatable bonds is 4. The molecule has 3 heterocycles. The molecule has 1 aliphatic carbocycles. The number of fused-ring (bicyclic) bond motifs is 2. The Morgan fingerprint density at radius 2 is 1.84 bits per heavy atom. The molecule has 0 radical (unpaired) electrons. The first-order valence-electron chi connectivity index (χ1n) is 11.5. The zero-order valence-electron chi connectivity index (χ0n) is 18.3. The zero-order valence-corrected chi connectivity index (χ0v) is 18.3. The van der Waals surface area contributed by atoms with Crippen LogP contribution in [0.5, 0.6) is 0 Å². The fourth-order valence-corrected chi connectivity index (χ4v) is 5.21. The second kappa shape index (κ2) is 7.59. The fraction of sp³-hybridized carbons (Fsp3) is 0.296.